The van der Waals surface area contributed by atoms with Crippen molar-refractivity contribution >= 4 is 73.5 Å². The fourth-order valence-electron chi connectivity index (χ4n) is 4.16. The van der Waals surface area contributed by atoms with Crippen LogP contribution in [0, 0.1) is 34.9 Å². The molecule has 11 nitrogen and oxygen atoms in total. The van der Waals surface area contributed by atoms with Crippen molar-refractivity contribution in [2.45, 2.75) is 0 Å². The minimum Gasteiger partial charge on any atom is -0.494 e. The maximum Gasteiger partial charge on any atom is 0.257 e. The van der Waals surface area contributed by atoms with E-state index in [1.54, 1.807) is 0 Å². The number of thiocarbonyl (C=S) groups is 1. The summed E-state index contributed by atoms with van der Waals surface area (Å²) in [4.78, 5) is 22.4. The number of nitrogen functional groups attached to an aromatic ring is 1. The summed E-state index contributed by atoms with van der Waals surface area (Å²) in [7, 11) is 2.93. The van der Waals surface area contributed by atoms with Gasteiger partial charge >= 0.3 is 0 Å². The fourth-order valence-corrected chi connectivity index (χ4v) is 4.47. The van der Waals surface area contributed by atoms with Crippen LogP contribution in [0.15, 0.2) is 60.7 Å². The van der Waals surface area contributed by atoms with Gasteiger partial charge in [0.2, 0.25) is 0 Å². The molecule has 6 aromatic rings. The highest BCUT2D eigenvalue weighted by atomic mass is 35.5. The summed E-state index contributed by atoms with van der Waals surface area (Å²) in [6.45, 7) is 0. The van der Waals surface area contributed by atoms with E-state index in [-0.39, 0.29) is 38.6 Å². The van der Waals surface area contributed by atoms with Crippen molar-refractivity contribution in [2.75, 3.05) is 25.3 Å². The van der Waals surface area contributed by atoms with Gasteiger partial charge in [-0.25, -0.2) is 26.3 Å². The number of ether oxygens (including phenoxy) is 2. The normalized spacial score (nSPS) is 10.4. The second kappa shape index (κ2) is 16.0. The first-order valence-corrected chi connectivity index (χ1v) is 14.4. The number of hydrogen-bond donors (Lipinski definition) is 5. The Morgan fingerprint density at radius 3 is 1.74 bits per heavy atom. The van der Waals surface area contributed by atoms with Gasteiger partial charge < -0.3 is 20.5 Å². The molecule has 4 aromatic carbocycles. The Balaban J connectivity index is 0.000000194. The number of amides is 1. The van der Waals surface area contributed by atoms with Crippen LogP contribution in [0.1, 0.15) is 20.7 Å². The number of H-pyrrole nitrogens is 2. The largest absolute Gasteiger partial charge is 0.494 e. The van der Waals surface area contributed by atoms with E-state index < -0.39 is 46.1 Å². The zero-order valence-electron chi connectivity index (χ0n) is 25.4. The number of anilines is 2. The van der Waals surface area contributed by atoms with Gasteiger partial charge in [-0.3, -0.25) is 25.1 Å². The minimum atomic E-state index is -1.16. The Hall–Kier alpha value is -5.88. The molecule has 0 aliphatic heterocycles. The first kappa shape index (κ1) is 36.9. The summed E-state index contributed by atoms with van der Waals surface area (Å²) in [6, 6.07) is 10.8. The molecule has 260 valence electrons. The third-order valence-corrected chi connectivity index (χ3v) is 6.94. The van der Waals surface area contributed by atoms with E-state index in [9.17, 15) is 35.9 Å². The van der Waals surface area contributed by atoms with Crippen molar-refractivity contribution in [3.8, 4) is 11.5 Å². The zero-order valence-corrected chi connectivity index (χ0v) is 27.0. The number of fused-ring (bicyclic) bond motifs is 2. The van der Waals surface area contributed by atoms with E-state index in [0.29, 0.717) is 22.5 Å². The summed E-state index contributed by atoms with van der Waals surface area (Å²) in [6.07, 6.45) is 0. The summed E-state index contributed by atoms with van der Waals surface area (Å²) < 4.78 is 88.1. The molecule has 0 aliphatic carbocycles. The van der Waals surface area contributed by atoms with Crippen LogP contribution in [0.4, 0.5) is 38.0 Å². The Morgan fingerprint density at radius 2 is 1.20 bits per heavy atom. The number of nitrogens with zero attached hydrogens (tertiary/aromatic N) is 2. The van der Waals surface area contributed by atoms with Crippen molar-refractivity contribution < 1.29 is 45.4 Å². The number of aromatic nitrogens is 4. The van der Waals surface area contributed by atoms with Gasteiger partial charge in [0.05, 0.1) is 25.0 Å². The highest BCUT2D eigenvalue weighted by Gasteiger charge is 2.17. The lowest BCUT2D eigenvalue weighted by Gasteiger charge is -2.08. The minimum absolute atomic E-state index is 0.0342. The molecule has 0 fully saturated rings. The van der Waals surface area contributed by atoms with Crippen LogP contribution in [-0.2, 0) is 0 Å². The van der Waals surface area contributed by atoms with E-state index in [4.69, 9.17) is 39.0 Å². The van der Waals surface area contributed by atoms with Crippen molar-refractivity contribution in [3.05, 3.63) is 107 Å². The topological polar surface area (TPSA) is 160 Å². The van der Waals surface area contributed by atoms with Gasteiger partial charge in [0.1, 0.15) is 34.2 Å². The maximum atomic E-state index is 14.1. The predicted molar refractivity (Wildman–Crippen MR) is 176 cm³/mol. The van der Waals surface area contributed by atoms with Crippen molar-refractivity contribution in [1.29, 1.82) is 0 Å². The van der Waals surface area contributed by atoms with Crippen LogP contribution in [0.3, 0.4) is 0 Å². The van der Waals surface area contributed by atoms with Gasteiger partial charge in [-0.1, -0.05) is 0 Å². The molecule has 6 N–H and O–H groups in total. The molecule has 6 rings (SSSR count). The Kier molecular flexibility index (Phi) is 11.8. The van der Waals surface area contributed by atoms with Gasteiger partial charge in [0, 0.05) is 11.1 Å². The van der Waals surface area contributed by atoms with Crippen LogP contribution in [-0.4, -0.2) is 50.9 Å². The Morgan fingerprint density at radius 1 is 0.720 bits per heavy atom. The molecule has 2 aromatic heterocycles. The number of hydrogen-bond acceptors (Lipinski definition) is 8. The molecule has 1 amide bonds. The molecule has 0 spiro atoms. The van der Waals surface area contributed by atoms with Gasteiger partial charge in [0.25, 0.3) is 11.1 Å². The number of rotatable bonds is 5. The third-order valence-electron chi connectivity index (χ3n) is 6.52. The maximum absolute atomic E-state index is 14.1. The lowest BCUT2D eigenvalue weighted by molar-refractivity contribution is 0.0976. The fraction of sp³-hybridized carbons (Fsp3) is 0.0645. The Bertz CT molecular complexity index is 2230. The Labute approximate surface area is 287 Å². The lowest BCUT2D eigenvalue weighted by atomic mass is 10.2. The van der Waals surface area contributed by atoms with E-state index in [0.717, 1.165) is 36.4 Å². The van der Waals surface area contributed by atoms with E-state index in [1.165, 1.54) is 38.5 Å². The summed E-state index contributed by atoms with van der Waals surface area (Å²) in [5.41, 5.74) is 6.08. The molecule has 0 radical (unpaired) electrons. The molecule has 0 unspecified atom stereocenters. The van der Waals surface area contributed by atoms with Crippen LogP contribution < -0.4 is 25.8 Å². The zero-order chi connectivity index (χ0) is 36.7. The predicted octanol–water partition coefficient (Wildman–Crippen LogP) is 6.75. The summed E-state index contributed by atoms with van der Waals surface area (Å²) >= 11 is 9.99. The quantitative estimate of drug-likeness (QED) is 0.0733. The third kappa shape index (κ3) is 8.39. The average Bonchev–Trinajstić information content (AvgIpc) is 3.69. The number of carbonyl (C=O) groups is 2. The number of nitrogens with two attached hydrogens (primary N) is 1. The molecule has 0 aliphatic rings. The van der Waals surface area contributed by atoms with E-state index >= 15 is 0 Å². The van der Waals surface area contributed by atoms with E-state index in [1.807, 2.05) is 0 Å². The van der Waals surface area contributed by atoms with Crippen molar-refractivity contribution in [2.24, 2.45) is 0 Å². The number of benzene rings is 4. The van der Waals surface area contributed by atoms with Crippen molar-refractivity contribution in [3.63, 3.8) is 0 Å². The number of aromatic amines is 2. The average molecular weight is 738 g/mol. The smallest absolute Gasteiger partial charge is 0.257 e. The van der Waals surface area contributed by atoms with Crippen LogP contribution in [0.2, 0.25) is 0 Å². The molecule has 0 saturated carbocycles. The lowest BCUT2D eigenvalue weighted by Crippen LogP contribution is -2.34. The second-order valence-electron chi connectivity index (χ2n) is 9.62. The molecule has 19 heteroatoms. The molecule has 50 heavy (non-hydrogen) atoms. The standard InChI is InChI=1S/C16H11F3N4O2S.C8H8FN3O.C7H3ClF2O/c1-25-11-5-4-9(18)12-13(11)22-23-14(12)20-16(26)21-15(24)7-2-3-8(17)10(19)6-7;1-13-5-3-2-4(9)6-7(5)11-12-8(6)10;8-7(11)4-1-2-5(9)6(10)3-4/h2-6H,1H3,(H3,20,21,22,23,24,26);2-3H,1H3,(H3,10,11,12);1-3H. The molecule has 0 saturated heterocycles. The second-order valence-corrected chi connectivity index (χ2v) is 10.4. The molecule has 0 bridgehead atoms. The SMILES string of the molecule is COc1ccc(F)c2c(N)n[nH]c12.COc1ccc(F)c2c(NC(=S)NC(=O)c3ccc(F)c(F)c3)n[nH]c12.O=C(Cl)c1ccc(F)c(F)c1. The molecular formula is C31H22ClF6N7O4S. The van der Waals surface area contributed by atoms with Crippen LogP contribution in [0.5, 0.6) is 11.5 Å². The van der Waals surface area contributed by atoms with E-state index in [2.05, 4.69) is 31.0 Å². The van der Waals surface area contributed by atoms with Gasteiger partial charge in [-0.2, -0.15) is 10.2 Å². The highest BCUT2D eigenvalue weighted by molar-refractivity contribution is 7.80. The summed E-state index contributed by atoms with van der Waals surface area (Å²) in [5.74, 6) is -4.97. The number of nitrogens with one attached hydrogen (secondary N) is 4. The number of carbonyl (C=O) groups excluding carboxylic acids is 2. The molecular weight excluding hydrogens is 716 g/mol. The number of methoxy groups -OCH3 is 2. The monoisotopic (exact) mass is 737 g/mol. The van der Waals surface area contributed by atoms with Crippen LogP contribution in [0.25, 0.3) is 21.8 Å². The van der Waals surface area contributed by atoms with Gasteiger partial charge in [-0.05, 0) is 84.5 Å². The van der Waals surface area contributed by atoms with Gasteiger partial charge in [-0.15, -0.1) is 0 Å². The summed E-state index contributed by atoms with van der Waals surface area (Å²) in [5, 5.41) is 17.0. The molecule has 2 heterocycles. The molecule has 0 atom stereocenters. The highest BCUT2D eigenvalue weighted by Crippen LogP contribution is 2.31. The first-order valence-electron chi connectivity index (χ1n) is 13.6. The first-order chi connectivity index (χ1) is 23.7. The van der Waals surface area contributed by atoms with Gasteiger partial charge in [0.15, 0.2) is 40.0 Å². The van der Waals surface area contributed by atoms with Crippen molar-refractivity contribution in [1.82, 2.24) is 25.7 Å². The van der Waals surface area contributed by atoms with Crippen LogP contribution >= 0.6 is 23.8 Å². The number of halogens is 7.